The summed E-state index contributed by atoms with van der Waals surface area (Å²) in [6.45, 7) is 3.66. The van der Waals surface area contributed by atoms with Crippen LogP contribution in [0.15, 0.2) is 42.6 Å². The number of hydrogen-bond donors (Lipinski definition) is 3. The fourth-order valence-corrected chi connectivity index (χ4v) is 2.41. The second kappa shape index (κ2) is 4.98. The Morgan fingerprint density at radius 1 is 1.14 bits per heavy atom. The highest BCUT2D eigenvalue weighted by atomic mass is 16.3. The molecule has 0 aliphatic heterocycles. The van der Waals surface area contributed by atoms with Crippen LogP contribution in [0.4, 0.5) is 5.69 Å². The van der Waals surface area contributed by atoms with E-state index in [0.29, 0.717) is 11.3 Å². The molecule has 3 aromatic rings. The molecule has 0 saturated heterocycles. The van der Waals surface area contributed by atoms with Gasteiger partial charge in [0.15, 0.2) is 0 Å². The molecule has 2 aromatic carbocycles. The molecule has 0 atom stereocenters. The molecule has 0 fully saturated rings. The summed E-state index contributed by atoms with van der Waals surface area (Å²) in [4.78, 5) is 15.6. The Balaban J connectivity index is 1.97. The van der Waals surface area contributed by atoms with Crippen LogP contribution in [-0.2, 0) is 0 Å². The maximum absolute atomic E-state index is 12.5. The van der Waals surface area contributed by atoms with Crippen LogP contribution >= 0.6 is 0 Å². The van der Waals surface area contributed by atoms with Crippen LogP contribution in [0, 0.1) is 13.8 Å². The highest BCUT2D eigenvalue weighted by molar-refractivity contribution is 6.12. The van der Waals surface area contributed by atoms with Gasteiger partial charge in [0, 0.05) is 28.4 Å². The first-order valence-corrected chi connectivity index (χ1v) is 6.74. The van der Waals surface area contributed by atoms with Crippen LogP contribution in [0.1, 0.15) is 21.5 Å². The zero-order chi connectivity index (χ0) is 15.0. The molecular weight excluding hydrogens is 264 g/mol. The topological polar surface area (TPSA) is 65.1 Å². The van der Waals surface area contributed by atoms with E-state index in [1.54, 1.807) is 25.1 Å². The maximum Gasteiger partial charge on any atom is 0.256 e. The molecule has 21 heavy (non-hydrogen) atoms. The summed E-state index contributed by atoms with van der Waals surface area (Å²) in [6, 6.07) is 10.9. The van der Waals surface area contributed by atoms with Crippen molar-refractivity contribution in [3.05, 3.63) is 59.3 Å². The van der Waals surface area contributed by atoms with Crippen molar-refractivity contribution in [3.63, 3.8) is 0 Å². The molecule has 4 heteroatoms. The Kier molecular flexibility index (Phi) is 3.14. The standard InChI is InChI=1S/C17H16N2O2/c1-10-9-16(20)11(2)8-15(10)19-17(21)13-4-3-5-14-12(13)6-7-18-14/h3-9,18,20H,1-2H3,(H,19,21). The quantitative estimate of drug-likeness (QED) is 0.626. The van der Waals surface area contributed by atoms with Crippen molar-refractivity contribution in [2.45, 2.75) is 13.8 Å². The Morgan fingerprint density at radius 2 is 1.95 bits per heavy atom. The smallest absolute Gasteiger partial charge is 0.256 e. The Labute approximate surface area is 122 Å². The molecule has 0 aliphatic carbocycles. The predicted octanol–water partition coefficient (Wildman–Crippen LogP) is 3.74. The number of aryl methyl sites for hydroxylation is 2. The molecule has 1 aromatic heterocycles. The molecule has 0 saturated carbocycles. The molecule has 0 radical (unpaired) electrons. The van der Waals surface area contributed by atoms with Crippen molar-refractivity contribution in [2.75, 3.05) is 5.32 Å². The summed E-state index contributed by atoms with van der Waals surface area (Å²) < 4.78 is 0. The molecule has 3 rings (SSSR count). The minimum atomic E-state index is -0.159. The number of fused-ring (bicyclic) bond motifs is 1. The number of benzene rings is 2. The molecule has 0 aliphatic rings. The van der Waals surface area contributed by atoms with Crippen molar-refractivity contribution in [1.82, 2.24) is 4.98 Å². The molecule has 0 bridgehead atoms. The number of hydrogen-bond acceptors (Lipinski definition) is 2. The second-order valence-corrected chi connectivity index (χ2v) is 5.15. The molecule has 106 valence electrons. The highest BCUT2D eigenvalue weighted by Gasteiger charge is 2.12. The molecular formula is C17H16N2O2. The summed E-state index contributed by atoms with van der Waals surface area (Å²) in [6.07, 6.45) is 1.82. The second-order valence-electron chi connectivity index (χ2n) is 5.15. The van der Waals surface area contributed by atoms with Gasteiger partial charge in [-0.15, -0.1) is 0 Å². The molecule has 4 nitrogen and oxygen atoms in total. The summed E-state index contributed by atoms with van der Waals surface area (Å²) in [5.41, 5.74) is 3.83. The van der Waals surface area contributed by atoms with Gasteiger partial charge >= 0.3 is 0 Å². The SMILES string of the molecule is Cc1cc(NC(=O)c2cccc3[nH]ccc23)c(C)cc1O. The summed E-state index contributed by atoms with van der Waals surface area (Å²) in [7, 11) is 0. The first-order valence-electron chi connectivity index (χ1n) is 6.74. The lowest BCUT2D eigenvalue weighted by Gasteiger charge is -2.11. The Morgan fingerprint density at radius 3 is 2.76 bits per heavy atom. The van der Waals surface area contributed by atoms with Crippen molar-refractivity contribution in [1.29, 1.82) is 0 Å². The fraction of sp³-hybridized carbons (Fsp3) is 0.118. The predicted molar refractivity (Wildman–Crippen MR) is 83.8 cm³/mol. The molecule has 1 heterocycles. The number of phenolic OH excluding ortho intramolecular Hbond substituents is 1. The average molecular weight is 280 g/mol. The number of nitrogens with one attached hydrogen (secondary N) is 2. The van der Waals surface area contributed by atoms with Crippen LogP contribution in [0.2, 0.25) is 0 Å². The maximum atomic E-state index is 12.5. The van der Waals surface area contributed by atoms with Crippen molar-refractivity contribution < 1.29 is 9.90 Å². The summed E-state index contributed by atoms with van der Waals surface area (Å²) in [5, 5.41) is 13.5. The van der Waals surface area contributed by atoms with Crippen LogP contribution in [-0.4, -0.2) is 16.0 Å². The molecule has 0 unspecified atom stereocenters. The largest absolute Gasteiger partial charge is 0.508 e. The zero-order valence-corrected chi connectivity index (χ0v) is 11.9. The first kappa shape index (κ1) is 13.2. The van der Waals surface area contributed by atoms with E-state index < -0.39 is 0 Å². The van der Waals surface area contributed by atoms with Crippen LogP contribution in [0.5, 0.6) is 5.75 Å². The van der Waals surface area contributed by atoms with E-state index in [2.05, 4.69) is 10.3 Å². The number of aromatic amines is 1. The van der Waals surface area contributed by atoms with E-state index in [4.69, 9.17) is 0 Å². The van der Waals surface area contributed by atoms with Crippen molar-refractivity contribution in [2.24, 2.45) is 0 Å². The van der Waals surface area contributed by atoms with Gasteiger partial charge in [-0.1, -0.05) is 6.07 Å². The van der Waals surface area contributed by atoms with E-state index in [1.165, 1.54) is 0 Å². The van der Waals surface area contributed by atoms with Gasteiger partial charge in [0.1, 0.15) is 5.75 Å². The monoisotopic (exact) mass is 280 g/mol. The van der Waals surface area contributed by atoms with Crippen molar-refractivity contribution >= 4 is 22.5 Å². The van der Waals surface area contributed by atoms with Crippen LogP contribution in [0.3, 0.4) is 0 Å². The van der Waals surface area contributed by atoms with Crippen LogP contribution < -0.4 is 5.32 Å². The van der Waals surface area contributed by atoms with Gasteiger partial charge in [0.05, 0.1) is 0 Å². The minimum Gasteiger partial charge on any atom is -0.508 e. The normalized spacial score (nSPS) is 10.8. The Bertz CT molecular complexity index is 834. The van der Waals surface area contributed by atoms with Gasteiger partial charge in [0.2, 0.25) is 0 Å². The van der Waals surface area contributed by atoms with Gasteiger partial charge in [-0.3, -0.25) is 4.79 Å². The van der Waals surface area contributed by atoms with Gasteiger partial charge in [-0.25, -0.2) is 0 Å². The number of H-pyrrole nitrogens is 1. The number of anilines is 1. The number of phenols is 1. The lowest BCUT2D eigenvalue weighted by atomic mass is 10.1. The number of carbonyl (C=O) groups is 1. The molecule has 3 N–H and O–H groups in total. The molecule has 1 amide bonds. The third-order valence-corrected chi connectivity index (χ3v) is 3.63. The van der Waals surface area contributed by atoms with Crippen LogP contribution in [0.25, 0.3) is 10.9 Å². The van der Waals surface area contributed by atoms with Gasteiger partial charge in [-0.2, -0.15) is 0 Å². The van der Waals surface area contributed by atoms with E-state index >= 15 is 0 Å². The number of amides is 1. The van der Waals surface area contributed by atoms with Crippen molar-refractivity contribution in [3.8, 4) is 5.75 Å². The summed E-state index contributed by atoms with van der Waals surface area (Å²) in [5.74, 6) is 0.0756. The lowest BCUT2D eigenvalue weighted by Crippen LogP contribution is -2.13. The molecule has 0 spiro atoms. The van der Waals surface area contributed by atoms with E-state index in [9.17, 15) is 9.90 Å². The van der Waals surface area contributed by atoms with E-state index in [-0.39, 0.29) is 11.7 Å². The third kappa shape index (κ3) is 2.36. The number of carbonyl (C=O) groups excluding carboxylic acids is 1. The lowest BCUT2D eigenvalue weighted by molar-refractivity contribution is 0.102. The fourth-order valence-electron chi connectivity index (χ4n) is 2.41. The average Bonchev–Trinajstić information content (AvgIpc) is 2.92. The van der Waals surface area contributed by atoms with Gasteiger partial charge in [-0.05, 0) is 55.3 Å². The summed E-state index contributed by atoms with van der Waals surface area (Å²) >= 11 is 0. The van der Waals surface area contributed by atoms with Gasteiger partial charge in [0.25, 0.3) is 5.91 Å². The van der Waals surface area contributed by atoms with E-state index in [0.717, 1.165) is 22.0 Å². The third-order valence-electron chi connectivity index (χ3n) is 3.63. The Hall–Kier alpha value is -2.75. The zero-order valence-electron chi connectivity index (χ0n) is 11.9. The highest BCUT2D eigenvalue weighted by Crippen LogP contribution is 2.26. The number of rotatable bonds is 2. The number of aromatic hydroxyl groups is 1. The van der Waals surface area contributed by atoms with Gasteiger partial charge < -0.3 is 15.4 Å². The minimum absolute atomic E-state index is 0.159. The first-order chi connectivity index (χ1) is 10.1. The number of aromatic nitrogens is 1. The van der Waals surface area contributed by atoms with E-state index in [1.807, 2.05) is 31.3 Å².